The van der Waals surface area contributed by atoms with Gasteiger partial charge >= 0.3 is 6.09 Å². The first-order chi connectivity index (χ1) is 8.22. The highest BCUT2D eigenvalue weighted by molar-refractivity contribution is 5.93. The summed E-state index contributed by atoms with van der Waals surface area (Å²) in [5.41, 5.74) is 1.83. The lowest BCUT2D eigenvalue weighted by molar-refractivity contribution is 0.181. The van der Waals surface area contributed by atoms with Gasteiger partial charge in [-0.05, 0) is 19.1 Å². The number of hydrogen-bond donors (Lipinski definition) is 1. The molecule has 5 nitrogen and oxygen atoms in total. The van der Waals surface area contributed by atoms with E-state index >= 15 is 0 Å². The molecule has 1 heterocycles. The van der Waals surface area contributed by atoms with Gasteiger partial charge in [-0.15, -0.1) is 0 Å². The molecule has 0 aliphatic rings. The molecule has 88 valence electrons. The van der Waals surface area contributed by atoms with E-state index in [1.165, 1.54) is 12.0 Å². The second kappa shape index (κ2) is 4.69. The van der Waals surface area contributed by atoms with Crippen molar-refractivity contribution in [3.8, 4) is 0 Å². The third-order valence-electron chi connectivity index (χ3n) is 2.34. The first-order valence-corrected chi connectivity index (χ1v) is 5.16. The average Bonchev–Trinajstić information content (AvgIpc) is 2.85. The van der Waals surface area contributed by atoms with E-state index in [0.29, 0.717) is 11.6 Å². The largest absolute Gasteiger partial charge is 0.452 e. The van der Waals surface area contributed by atoms with Crippen molar-refractivity contribution < 1.29 is 9.53 Å². The van der Waals surface area contributed by atoms with E-state index in [9.17, 15) is 4.79 Å². The number of rotatable bonds is 2. The molecule has 0 saturated heterocycles. The van der Waals surface area contributed by atoms with Crippen LogP contribution < -0.4 is 4.90 Å². The Morgan fingerprint density at radius 2 is 2.06 bits per heavy atom. The van der Waals surface area contributed by atoms with Gasteiger partial charge in [0, 0.05) is 12.4 Å². The third-order valence-corrected chi connectivity index (χ3v) is 2.34. The van der Waals surface area contributed by atoms with Gasteiger partial charge in [-0.25, -0.2) is 14.7 Å². The van der Waals surface area contributed by atoms with E-state index in [-0.39, 0.29) is 0 Å². The number of benzene rings is 1. The number of anilines is 2. The van der Waals surface area contributed by atoms with Crippen LogP contribution >= 0.6 is 0 Å². The summed E-state index contributed by atoms with van der Waals surface area (Å²) in [6.07, 6.45) is 2.75. The number of aromatic nitrogens is 2. The van der Waals surface area contributed by atoms with Crippen LogP contribution in [0.25, 0.3) is 0 Å². The molecular formula is C12H13N3O2. The highest BCUT2D eigenvalue weighted by Crippen LogP contribution is 2.23. The maximum Gasteiger partial charge on any atom is 0.421 e. The van der Waals surface area contributed by atoms with Crippen LogP contribution in [0.3, 0.4) is 0 Å². The summed E-state index contributed by atoms with van der Waals surface area (Å²) in [6, 6.07) is 7.53. The van der Waals surface area contributed by atoms with Crippen LogP contribution in [-0.2, 0) is 4.74 Å². The maximum atomic E-state index is 11.7. The maximum absolute atomic E-state index is 11.7. The van der Waals surface area contributed by atoms with Gasteiger partial charge < -0.3 is 9.72 Å². The van der Waals surface area contributed by atoms with E-state index in [2.05, 4.69) is 9.97 Å². The number of carbonyl (C=O) groups excluding carboxylic acids is 1. The van der Waals surface area contributed by atoms with Gasteiger partial charge in [0.25, 0.3) is 0 Å². The quantitative estimate of drug-likeness (QED) is 0.864. The molecule has 2 aromatic rings. The molecule has 1 N–H and O–H groups in total. The minimum Gasteiger partial charge on any atom is -0.452 e. The van der Waals surface area contributed by atoms with Crippen molar-refractivity contribution in [1.29, 1.82) is 0 Å². The molecule has 0 aliphatic carbocycles. The van der Waals surface area contributed by atoms with E-state index in [1.54, 1.807) is 12.4 Å². The first-order valence-electron chi connectivity index (χ1n) is 5.16. The molecule has 2 rings (SSSR count). The number of nitrogens with one attached hydrogen (secondary N) is 1. The number of imidazole rings is 1. The van der Waals surface area contributed by atoms with Gasteiger partial charge in [0.1, 0.15) is 0 Å². The molecule has 1 aromatic carbocycles. The number of aromatic amines is 1. The smallest absolute Gasteiger partial charge is 0.421 e. The van der Waals surface area contributed by atoms with Crippen molar-refractivity contribution in [3.05, 3.63) is 42.2 Å². The van der Waals surface area contributed by atoms with Crippen LogP contribution in [0.2, 0.25) is 0 Å². The molecule has 0 aliphatic heterocycles. The summed E-state index contributed by atoms with van der Waals surface area (Å²) >= 11 is 0. The fraction of sp³-hybridized carbons (Fsp3) is 0.167. The lowest BCUT2D eigenvalue weighted by Gasteiger charge is -2.18. The molecule has 0 radical (unpaired) electrons. The third kappa shape index (κ3) is 2.28. The molecule has 0 spiro atoms. The summed E-state index contributed by atoms with van der Waals surface area (Å²) in [6.45, 7) is 1.99. The van der Waals surface area contributed by atoms with E-state index < -0.39 is 6.09 Å². The van der Waals surface area contributed by atoms with Crippen molar-refractivity contribution >= 4 is 17.7 Å². The van der Waals surface area contributed by atoms with E-state index in [0.717, 1.165) is 5.56 Å². The van der Waals surface area contributed by atoms with Gasteiger partial charge in [-0.3, -0.25) is 0 Å². The molecule has 0 bridgehead atoms. The van der Waals surface area contributed by atoms with Crippen LogP contribution in [0.1, 0.15) is 5.56 Å². The normalized spacial score (nSPS) is 10.0. The number of methoxy groups -OCH3 is 1. The number of carbonyl (C=O) groups is 1. The first kappa shape index (κ1) is 11.2. The lowest BCUT2D eigenvalue weighted by atomic mass is 10.2. The van der Waals surface area contributed by atoms with Crippen LogP contribution in [-0.4, -0.2) is 23.2 Å². The summed E-state index contributed by atoms with van der Waals surface area (Å²) in [5.74, 6) is 0.431. The number of ether oxygens (including phenoxy) is 1. The molecular weight excluding hydrogens is 218 g/mol. The van der Waals surface area contributed by atoms with Crippen molar-refractivity contribution in [1.82, 2.24) is 9.97 Å². The summed E-state index contributed by atoms with van der Waals surface area (Å²) < 4.78 is 4.75. The topological polar surface area (TPSA) is 58.2 Å². The molecule has 1 aromatic heterocycles. The number of aryl methyl sites for hydroxylation is 1. The molecule has 1 amide bonds. The Labute approximate surface area is 99.0 Å². The lowest BCUT2D eigenvalue weighted by Crippen LogP contribution is -2.26. The fourth-order valence-electron chi connectivity index (χ4n) is 1.48. The minimum absolute atomic E-state index is 0.431. The summed E-state index contributed by atoms with van der Waals surface area (Å²) in [4.78, 5) is 20.0. The molecule has 5 heteroatoms. The van der Waals surface area contributed by atoms with Gasteiger partial charge in [0.2, 0.25) is 5.95 Å². The Bertz CT molecular complexity index is 491. The van der Waals surface area contributed by atoms with Crippen LogP contribution in [0.15, 0.2) is 36.7 Å². The highest BCUT2D eigenvalue weighted by Gasteiger charge is 2.20. The fourth-order valence-corrected chi connectivity index (χ4v) is 1.48. The van der Waals surface area contributed by atoms with E-state index in [1.807, 2.05) is 31.2 Å². The molecule has 17 heavy (non-hydrogen) atoms. The monoisotopic (exact) mass is 231 g/mol. The predicted molar refractivity (Wildman–Crippen MR) is 64.3 cm³/mol. The predicted octanol–water partition coefficient (Wildman–Crippen LogP) is 2.62. The Hall–Kier alpha value is -2.30. The number of hydrogen-bond acceptors (Lipinski definition) is 3. The Morgan fingerprint density at radius 3 is 2.59 bits per heavy atom. The summed E-state index contributed by atoms with van der Waals surface area (Å²) in [5, 5.41) is 0. The van der Waals surface area contributed by atoms with Crippen LogP contribution in [0.5, 0.6) is 0 Å². The van der Waals surface area contributed by atoms with Crippen LogP contribution in [0.4, 0.5) is 16.4 Å². The number of nitrogens with zero attached hydrogens (tertiary/aromatic N) is 2. The highest BCUT2D eigenvalue weighted by atomic mass is 16.5. The minimum atomic E-state index is -0.483. The SMILES string of the molecule is COC(=O)N(c1ccc(C)cc1)c1ncc[nH]1. The average molecular weight is 231 g/mol. The van der Waals surface area contributed by atoms with E-state index in [4.69, 9.17) is 4.74 Å². The van der Waals surface area contributed by atoms with Gasteiger partial charge in [-0.2, -0.15) is 0 Å². The Morgan fingerprint density at radius 1 is 1.35 bits per heavy atom. The van der Waals surface area contributed by atoms with Gasteiger partial charge in [0.15, 0.2) is 0 Å². The van der Waals surface area contributed by atoms with Crippen molar-refractivity contribution in [3.63, 3.8) is 0 Å². The standard InChI is InChI=1S/C12H13N3O2/c1-9-3-5-10(6-4-9)15(12(16)17-2)11-13-7-8-14-11/h3-8H,1-2H3,(H,13,14). The van der Waals surface area contributed by atoms with Crippen molar-refractivity contribution in [2.75, 3.05) is 12.0 Å². The molecule has 0 saturated carbocycles. The molecule has 0 unspecified atom stereocenters. The zero-order chi connectivity index (χ0) is 12.3. The molecule has 0 fully saturated rings. The second-order valence-corrected chi connectivity index (χ2v) is 3.55. The van der Waals surface area contributed by atoms with Gasteiger partial charge in [-0.1, -0.05) is 17.7 Å². The summed E-state index contributed by atoms with van der Waals surface area (Å²) in [7, 11) is 1.34. The molecule has 0 atom stereocenters. The van der Waals surface area contributed by atoms with Crippen LogP contribution in [0, 0.1) is 6.92 Å². The zero-order valence-electron chi connectivity index (χ0n) is 9.68. The zero-order valence-corrected chi connectivity index (χ0v) is 9.68. The Balaban J connectivity index is 2.40. The number of H-pyrrole nitrogens is 1. The Kier molecular flexibility index (Phi) is 3.09. The second-order valence-electron chi connectivity index (χ2n) is 3.55. The number of amides is 1. The van der Waals surface area contributed by atoms with Gasteiger partial charge in [0.05, 0.1) is 12.8 Å². The van der Waals surface area contributed by atoms with Crippen molar-refractivity contribution in [2.24, 2.45) is 0 Å². The van der Waals surface area contributed by atoms with Crippen molar-refractivity contribution in [2.45, 2.75) is 6.92 Å².